The molecule has 0 aliphatic carbocycles. The van der Waals surface area contributed by atoms with Crippen LogP contribution in [0.3, 0.4) is 0 Å². The molecule has 1 aliphatic rings. The van der Waals surface area contributed by atoms with E-state index in [2.05, 4.69) is 15.2 Å². The van der Waals surface area contributed by atoms with Gasteiger partial charge in [-0.25, -0.2) is 9.18 Å². The summed E-state index contributed by atoms with van der Waals surface area (Å²) in [5.41, 5.74) is 1.28. The first kappa shape index (κ1) is 21.5. The van der Waals surface area contributed by atoms with Gasteiger partial charge in [0.05, 0.1) is 22.7 Å². The molecular formula is C22H24ClFN4O3. The van der Waals surface area contributed by atoms with Gasteiger partial charge in [-0.15, -0.1) is 0 Å². The van der Waals surface area contributed by atoms with Gasteiger partial charge in [-0.1, -0.05) is 23.7 Å². The van der Waals surface area contributed by atoms with E-state index in [4.69, 9.17) is 11.6 Å². The maximum absolute atomic E-state index is 14.5. The average molecular weight is 447 g/mol. The van der Waals surface area contributed by atoms with Gasteiger partial charge in [0.1, 0.15) is 5.82 Å². The smallest absolute Gasteiger partial charge is 0.326 e. The highest BCUT2D eigenvalue weighted by molar-refractivity contribution is 6.30. The zero-order valence-corrected chi connectivity index (χ0v) is 17.8. The highest BCUT2D eigenvalue weighted by atomic mass is 35.5. The van der Waals surface area contributed by atoms with Gasteiger partial charge >= 0.3 is 5.69 Å². The van der Waals surface area contributed by atoms with Crippen LogP contribution in [-0.4, -0.2) is 52.1 Å². The topological polar surface area (TPSA) is 90.4 Å². The summed E-state index contributed by atoms with van der Waals surface area (Å²) in [6.45, 7) is 1.89. The fraction of sp³-hybridized carbons (Fsp3) is 0.364. The maximum atomic E-state index is 14.5. The molecule has 2 heterocycles. The lowest BCUT2D eigenvalue weighted by molar-refractivity contribution is 0.0906. The van der Waals surface area contributed by atoms with E-state index in [1.165, 1.54) is 19.2 Å². The lowest BCUT2D eigenvalue weighted by Gasteiger charge is -2.33. The molecule has 0 spiro atoms. The number of imidazole rings is 1. The second-order valence-electron chi connectivity index (χ2n) is 7.83. The number of carbonyl (C=O) groups is 1. The van der Waals surface area contributed by atoms with Crippen LogP contribution in [0.2, 0.25) is 5.02 Å². The van der Waals surface area contributed by atoms with Crippen molar-refractivity contribution < 1.29 is 14.3 Å². The Morgan fingerprint density at radius 3 is 2.61 bits per heavy atom. The molecule has 2 aromatic carbocycles. The lowest BCUT2D eigenvalue weighted by Crippen LogP contribution is -2.39. The number of H-pyrrole nitrogens is 1. The molecule has 0 saturated carbocycles. The molecule has 1 fully saturated rings. The zero-order chi connectivity index (χ0) is 22.1. The highest BCUT2D eigenvalue weighted by Crippen LogP contribution is 2.27. The molecule has 1 unspecified atom stereocenters. The van der Waals surface area contributed by atoms with Crippen molar-refractivity contribution in [2.24, 2.45) is 0 Å². The van der Waals surface area contributed by atoms with Gasteiger partial charge in [0.25, 0.3) is 5.91 Å². The number of likely N-dealkylation sites (tertiary alicyclic amines) is 1. The Labute approximate surface area is 183 Å². The number of aromatic amines is 1. The molecule has 3 aromatic rings. The van der Waals surface area contributed by atoms with E-state index in [9.17, 15) is 19.1 Å². The third-order valence-electron chi connectivity index (χ3n) is 5.89. The first-order chi connectivity index (χ1) is 14.9. The molecule has 0 bridgehead atoms. The van der Waals surface area contributed by atoms with E-state index in [0.717, 1.165) is 5.56 Å². The Kier molecular flexibility index (Phi) is 6.13. The molecule has 7 nitrogen and oxygen atoms in total. The number of nitrogens with one attached hydrogen (secondary N) is 2. The van der Waals surface area contributed by atoms with Crippen LogP contribution in [0.1, 0.15) is 40.9 Å². The fourth-order valence-electron chi connectivity index (χ4n) is 4.21. The first-order valence-electron chi connectivity index (χ1n) is 10.2. The standard InChI is InChI=1S/C22H24ClFN4O3/c1-25-21(30)16-10-18-19(11-17(16)24)28(22(31)26-18)15-6-8-27(9-7-15)12-20(29)13-2-4-14(23)5-3-13/h2-5,10-11,15,20,29H,6-9,12H2,1H3,(H,25,30)(H,26,31). The molecule has 9 heteroatoms. The Morgan fingerprint density at radius 1 is 1.29 bits per heavy atom. The number of fused-ring (bicyclic) bond motifs is 1. The minimum atomic E-state index is -0.664. The van der Waals surface area contributed by atoms with Crippen LogP contribution in [0.4, 0.5) is 4.39 Å². The number of β-amino-alcohol motifs (C(OH)–C–C–N with tert-alkyl or cyclic N) is 1. The Balaban J connectivity index is 1.48. The van der Waals surface area contributed by atoms with Crippen molar-refractivity contribution in [3.63, 3.8) is 0 Å². The van der Waals surface area contributed by atoms with Gasteiger partial charge in [-0.3, -0.25) is 9.36 Å². The maximum Gasteiger partial charge on any atom is 0.326 e. The van der Waals surface area contributed by atoms with E-state index in [1.807, 2.05) is 12.1 Å². The van der Waals surface area contributed by atoms with E-state index in [-0.39, 0.29) is 17.3 Å². The number of hydrogen-bond donors (Lipinski definition) is 3. The van der Waals surface area contributed by atoms with Crippen molar-refractivity contribution in [3.05, 3.63) is 68.8 Å². The molecular weight excluding hydrogens is 423 g/mol. The SMILES string of the molecule is CNC(=O)c1cc2[nH]c(=O)n(C3CCN(CC(O)c4ccc(Cl)cc4)CC3)c2cc1F. The van der Waals surface area contributed by atoms with Crippen molar-refractivity contribution in [2.45, 2.75) is 25.0 Å². The summed E-state index contributed by atoms with van der Waals surface area (Å²) in [5, 5.41) is 13.5. The predicted octanol–water partition coefficient (Wildman–Crippen LogP) is 2.85. The summed E-state index contributed by atoms with van der Waals surface area (Å²) < 4.78 is 16.1. The fourth-order valence-corrected chi connectivity index (χ4v) is 4.34. The largest absolute Gasteiger partial charge is 0.387 e. The van der Waals surface area contributed by atoms with Gasteiger partial charge in [0, 0.05) is 43.8 Å². The number of piperidine rings is 1. The monoisotopic (exact) mass is 446 g/mol. The van der Waals surface area contributed by atoms with Crippen LogP contribution in [0, 0.1) is 5.82 Å². The van der Waals surface area contributed by atoms with E-state index < -0.39 is 17.8 Å². The zero-order valence-electron chi connectivity index (χ0n) is 17.1. The van der Waals surface area contributed by atoms with E-state index in [0.29, 0.717) is 48.5 Å². The van der Waals surface area contributed by atoms with Crippen LogP contribution in [-0.2, 0) is 0 Å². The summed E-state index contributed by atoms with van der Waals surface area (Å²) in [7, 11) is 1.43. The molecule has 1 atom stereocenters. The number of benzene rings is 2. The Bertz CT molecular complexity index is 1150. The molecule has 31 heavy (non-hydrogen) atoms. The third-order valence-corrected chi connectivity index (χ3v) is 6.14. The van der Waals surface area contributed by atoms with Crippen LogP contribution >= 0.6 is 11.6 Å². The quantitative estimate of drug-likeness (QED) is 0.562. The van der Waals surface area contributed by atoms with Crippen molar-refractivity contribution in [1.29, 1.82) is 0 Å². The minimum absolute atomic E-state index is 0.0876. The molecule has 4 rings (SSSR count). The molecule has 1 amide bonds. The van der Waals surface area contributed by atoms with Crippen molar-refractivity contribution in [3.8, 4) is 0 Å². The number of aliphatic hydroxyl groups is 1. The third kappa shape index (κ3) is 4.37. The number of aromatic nitrogens is 2. The van der Waals surface area contributed by atoms with Crippen molar-refractivity contribution in [2.75, 3.05) is 26.7 Å². The molecule has 1 aliphatic heterocycles. The number of nitrogens with zero attached hydrogens (tertiary/aromatic N) is 2. The summed E-state index contributed by atoms with van der Waals surface area (Å²) >= 11 is 5.90. The number of aliphatic hydroxyl groups excluding tert-OH is 1. The van der Waals surface area contributed by atoms with Crippen LogP contribution in [0.5, 0.6) is 0 Å². The number of rotatable bonds is 5. The van der Waals surface area contributed by atoms with Crippen molar-refractivity contribution in [1.82, 2.24) is 19.8 Å². The second kappa shape index (κ2) is 8.82. The number of amides is 1. The number of carbonyl (C=O) groups excluding carboxylic acids is 1. The second-order valence-corrected chi connectivity index (χ2v) is 8.26. The summed E-state index contributed by atoms with van der Waals surface area (Å²) in [5.74, 6) is -1.20. The van der Waals surface area contributed by atoms with Crippen LogP contribution in [0.25, 0.3) is 11.0 Å². The highest BCUT2D eigenvalue weighted by Gasteiger charge is 2.26. The Hall–Kier alpha value is -2.68. The molecule has 0 radical (unpaired) electrons. The lowest BCUT2D eigenvalue weighted by atomic mass is 10.0. The summed E-state index contributed by atoms with van der Waals surface area (Å²) in [6.07, 6.45) is 0.764. The normalized spacial score (nSPS) is 16.5. The van der Waals surface area contributed by atoms with Gasteiger partial charge < -0.3 is 20.3 Å². The van der Waals surface area contributed by atoms with Crippen LogP contribution in [0.15, 0.2) is 41.2 Å². The van der Waals surface area contributed by atoms with Gasteiger partial charge in [0.2, 0.25) is 0 Å². The van der Waals surface area contributed by atoms with Gasteiger partial charge in [-0.05, 0) is 36.6 Å². The predicted molar refractivity (Wildman–Crippen MR) is 117 cm³/mol. The molecule has 3 N–H and O–H groups in total. The molecule has 164 valence electrons. The van der Waals surface area contributed by atoms with Gasteiger partial charge in [-0.2, -0.15) is 0 Å². The number of hydrogen-bond acceptors (Lipinski definition) is 4. The summed E-state index contributed by atoms with van der Waals surface area (Å²) in [4.78, 5) is 29.3. The van der Waals surface area contributed by atoms with Crippen molar-refractivity contribution >= 4 is 28.5 Å². The summed E-state index contributed by atoms with van der Waals surface area (Å²) in [6, 6.07) is 9.66. The van der Waals surface area contributed by atoms with Gasteiger partial charge in [0.15, 0.2) is 0 Å². The first-order valence-corrected chi connectivity index (χ1v) is 10.6. The van der Waals surface area contributed by atoms with E-state index in [1.54, 1.807) is 16.7 Å². The molecule has 1 saturated heterocycles. The van der Waals surface area contributed by atoms with Crippen LogP contribution < -0.4 is 11.0 Å². The number of halogens is 2. The molecule has 1 aromatic heterocycles. The average Bonchev–Trinajstić information content (AvgIpc) is 3.08. The van der Waals surface area contributed by atoms with E-state index >= 15 is 0 Å². The minimum Gasteiger partial charge on any atom is -0.387 e. The Morgan fingerprint density at radius 2 is 1.97 bits per heavy atom.